The van der Waals surface area contributed by atoms with Gasteiger partial charge in [-0.05, 0) is 48.9 Å². The number of carbonyl (C=O) groups is 1. The summed E-state index contributed by atoms with van der Waals surface area (Å²) < 4.78 is 7.09. The highest BCUT2D eigenvalue weighted by molar-refractivity contribution is 8.00. The molecule has 1 heterocycles. The monoisotopic (exact) mass is 442 g/mol. The molecule has 0 unspecified atom stereocenters. The number of carbonyl (C=O) groups excluding carboxylic acids is 1. The number of hydrogen-bond donors (Lipinski definition) is 1. The Kier molecular flexibility index (Phi) is 7.54. The molecule has 8 heteroatoms. The molecule has 0 aliphatic heterocycles. The SMILES string of the molecule is C=CCn1c(S[C@H](C)C(=O)NCc2ccc(OC)cc2)nnc1-c1ccc(Cl)cc1. The third-order valence-electron chi connectivity index (χ3n) is 4.41. The minimum atomic E-state index is -0.339. The van der Waals surface area contributed by atoms with Crippen LogP contribution in [0.1, 0.15) is 12.5 Å². The molecular weight excluding hydrogens is 420 g/mol. The Morgan fingerprint density at radius 3 is 2.57 bits per heavy atom. The van der Waals surface area contributed by atoms with E-state index in [2.05, 4.69) is 22.1 Å². The highest BCUT2D eigenvalue weighted by Crippen LogP contribution is 2.27. The van der Waals surface area contributed by atoms with Crippen molar-refractivity contribution in [1.29, 1.82) is 0 Å². The lowest BCUT2D eigenvalue weighted by Crippen LogP contribution is -2.30. The van der Waals surface area contributed by atoms with E-state index >= 15 is 0 Å². The minimum Gasteiger partial charge on any atom is -0.497 e. The second kappa shape index (κ2) is 10.3. The van der Waals surface area contributed by atoms with Crippen molar-refractivity contribution in [2.45, 2.75) is 30.4 Å². The molecule has 2 aromatic carbocycles. The molecule has 30 heavy (non-hydrogen) atoms. The van der Waals surface area contributed by atoms with Gasteiger partial charge in [-0.15, -0.1) is 16.8 Å². The van der Waals surface area contributed by atoms with E-state index < -0.39 is 0 Å². The lowest BCUT2D eigenvalue weighted by atomic mass is 10.2. The first-order chi connectivity index (χ1) is 14.5. The van der Waals surface area contributed by atoms with Gasteiger partial charge in [-0.1, -0.05) is 41.6 Å². The van der Waals surface area contributed by atoms with Gasteiger partial charge in [0.15, 0.2) is 11.0 Å². The van der Waals surface area contributed by atoms with Crippen LogP contribution in [0.2, 0.25) is 5.02 Å². The molecule has 1 aromatic heterocycles. The number of benzene rings is 2. The molecule has 3 aromatic rings. The molecule has 0 aliphatic rings. The Morgan fingerprint density at radius 2 is 1.93 bits per heavy atom. The van der Waals surface area contributed by atoms with Gasteiger partial charge in [0.25, 0.3) is 0 Å². The van der Waals surface area contributed by atoms with E-state index in [4.69, 9.17) is 16.3 Å². The van der Waals surface area contributed by atoms with Crippen molar-refractivity contribution >= 4 is 29.3 Å². The second-order valence-electron chi connectivity index (χ2n) is 6.54. The normalized spacial score (nSPS) is 11.7. The fraction of sp³-hybridized carbons (Fsp3) is 0.227. The Bertz CT molecular complexity index is 1000. The number of methoxy groups -OCH3 is 1. The number of nitrogens with zero attached hydrogens (tertiary/aromatic N) is 3. The number of allylic oxidation sites excluding steroid dienone is 1. The largest absolute Gasteiger partial charge is 0.497 e. The molecule has 0 saturated carbocycles. The summed E-state index contributed by atoms with van der Waals surface area (Å²) in [4.78, 5) is 12.6. The molecule has 0 radical (unpaired) electrons. The van der Waals surface area contributed by atoms with Gasteiger partial charge in [-0.2, -0.15) is 0 Å². The van der Waals surface area contributed by atoms with Crippen LogP contribution in [0.5, 0.6) is 5.75 Å². The average molecular weight is 443 g/mol. The van der Waals surface area contributed by atoms with Crippen molar-refractivity contribution in [3.8, 4) is 17.1 Å². The van der Waals surface area contributed by atoms with Crippen LogP contribution in [-0.2, 0) is 17.9 Å². The van der Waals surface area contributed by atoms with Crippen LogP contribution < -0.4 is 10.1 Å². The molecule has 0 aliphatic carbocycles. The average Bonchev–Trinajstić information content (AvgIpc) is 3.15. The summed E-state index contributed by atoms with van der Waals surface area (Å²) in [6, 6.07) is 15.0. The van der Waals surface area contributed by atoms with Crippen molar-refractivity contribution in [1.82, 2.24) is 20.1 Å². The van der Waals surface area contributed by atoms with Gasteiger partial charge in [-0.3, -0.25) is 9.36 Å². The number of amides is 1. The summed E-state index contributed by atoms with van der Waals surface area (Å²) in [5.74, 6) is 1.42. The zero-order chi connectivity index (χ0) is 21.5. The van der Waals surface area contributed by atoms with Crippen LogP contribution in [0.15, 0.2) is 66.3 Å². The summed E-state index contributed by atoms with van der Waals surface area (Å²) in [5.41, 5.74) is 1.90. The quantitative estimate of drug-likeness (QED) is 0.387. The third-order valence-corrected chi connectivity index (χ3v) is 5.74. The van der Waals surface area contributed by atoms with Crippen molar-refractivity contribution < 1.29 is 9.53 Å². The first-order valence-electron chi connectivity index (χ1n) is 9.39. The van der Waals surface area contributed by atoms with Crippen molar-refractivity contribution in [2.75, 3.05) is 7.11 Å². The van der Waals surface area contributed by atoms with Crippen LogP contribution in [0.25, 0.3) is 11.4 Å². The minimum absolute atomic E-state index is 0.0722. The summed E-state index contributed by atoms with van der Waals surface area (Å²) in [6.45, 7) is 6.65. The summed E-state index contributed by atoms with van der Waals surface area (Å²) >= 11 is 7.35. The van der Waals surface area contributed by atoms with Gasteiger partial charge >= 0.3 is 0 Å². The molecule has 1 amide bonds. The topological polar surface area (TPSA) is 69.0 Å². The van der Waals surface area contributed by atoms with Gasteiger partial charge in [0.05, 0.1) is 12.4 Å². The number of aromatic nitrogens is 3. The van der Waals surface area contributed by atoms with Crippen LogP contribution in [-0.4, -0.2) is 33.0 Å². The summed E-state index contributed by atoms with van der Waals surface area (Å²) in [6.07, 6.45) is 1.78. The molecule has 0 spiro atoms. The maximum absolute atomic E-state index is 12.6. The predicted octanol–water partition coefficient (Wildman–Crippen LogP) is 4.59. The van der Waals surface area contributed by atoms with E-state index in [1.807, 2.05) is 60.0 Å². The zero-order valence-electron chi connectivity index (χ0n) is 16.8. The number of rotatable bonds is 9. The molecule has 3 rings (SSSR count). The van der Waals surface area contributed by atoms with Gasteiger partial charge in [0.2, 0.25) is 5.91 Å². The van der Waals surface area contributed by atoms with E-state index in [9.17, 15) is 4.79 Å². The molecule has 1 N–H and O–H groups in total. The van der Waals surface area contributed by atoms with Crippen LogP contribution in [0.3, 0.4) is 0 Å². The molecule has 0 bridgehead atoms. The highest BCUT2D eigenvalue weighted by atomic mass is 35.5. The second-order valence-corrected chi connectivity index (χ2v) is 8.28. The van der Waals surface area contributed by atoms with Crippen molar-refractivity contribution in [3.05, 3.63) is 71.8 Å². The number of halogens is 1. The molecule has 156 valence electrons. The van der Waals surface area contributed by atoms with Crippen molar-refractivity contribution in [3.63, 3.8) is 0 Å². The zero-order valence-corrected chi connectivity index (χ0v) is 18.4. The van der Waals surface area contributed by atoms with Crippen molar-refractivity contribution in [2.24, 2.45) is 0 Å². The maximum Gasteiger partial charge on any atom is 0.233 e. The van der Waals surface area contributed by atoms with Gasteiger partial charge < -0.3 is 10.1 Å². The van der Waals surface area contributed by atoms with Gasteiger partial charge in [0, 0.05) is 23.7 Å². The number of hydrogen-bond acceptors (Lipinski definition) is 5. The summed E-state index contributed by atoms with van der Waals surface area (Å²) in [7, 11) is 1.62. The highest BCUT2D eigenvalue weighted by Gasteiger charge is 2.20. The van der Waals surface area contributed by atoms with Crippen LogP contribution in [0, 0.1) is 0 Å². The number of nitrogens with one attached hydrogen (secondary N) is 1. The molecule has 0 fully saturated rings. The third kappa shape index (κ3) is 5.43. The number of ether oxygens (including phenoxy) is 1. The fourth-order valence-corrected chi connectivity index (χ4v) is 3.78. The standard InChI is InChI=1S/C22H23ClN4O2S/c1-4-13-27-20(17-7-9-18(23)10-8-17)25-26-22(27)30-15(2)21(28)24-14-16-5-11-19(29-3)12-6-16/h4-12,15H,1,13-14H2,2-3H3,(H,24,28)/t15-/m1/s1. The maximum atomic E-state index is 12.6. The van der Waals surface area contributed by atoms with Gasteiger partial charge in [0.1, 0.15) is 5.75 Å². The number of thioether (sulfide) groups is 1. The first kappa shape index (κ1) is 21.9. The molecule has 1 atom stereocenters. The fourth-order valence-electron chi connectivity index (χ4n) is 2.77. The first-order valence-corrected chi connectivity index (χ1v) is 10.6. The lowest BCUT2D eigenvalue weighted by molar-refractivity contribution is -0.120. The Morgan fingerprint density at radius 1 is 1.23 bits per heavy atom. The predicted molar refractivity (Wildman–Crippen MR) is 121 cm³/mol. The smallest absolute Gasteiger partial charge is 0.233 e. The van der Waals surface area contributed by atoms with E-state index in [1.165, 1.54) is 11.8 Å². The lowest BCUT2D eigenvalue weighted by Gasteiger charge is -2.13. The van der Waals surface area contributed by atoms with Crippen LogP contribution >= 0.6 is 23.4 Å². The Hall–Kier alpha value is -2.77. The molecular formula is C22H23ClN4O2S. The van der Waals surface area contributed by atoms with E-state index in [0.717, 1.165) is 16.9 Å². The van der Waals surface area contributed by atoms with E-state index in [0.29, 0.717) is 29.1 Å². The Labute approximate surface area is 185 Å². The summed E-state index contributed by atoms with van der Waals surface area (Å²) in [5, 5.41) is 12.5. The van der Waals surface area contributed by atoms with E-state index in [-0.39, 0.29) is 11.2 Å². The Balaban J connectivity index is 1.67. The molecule has 0 saturated heterocycles. The molecule has 6 nitrogen and oxygen atoms in total. The van der Waals surface area contributed by atoms with Gasteiger partial charge in [-0.25, -0.2) is 0 Å². The van der Waals surface area contributed by atoms with Crippen LogP contribution in [0.4, 0.5) is 0 Å². The van der Waals surface area contributed by atoms with E-state index in [1.54, 1.807) is 13.2 Å².